The van der Waals surface area contributed by atoms with Crippen LogP contribution in [0.4, 0.5) is 0 Å². The second-order valence-electron chi connectivity index (χ2n) is 35.5. The van der Waals surface area contributed by atoms with Gasteiger partial charge in [-0.1, -0.05) is 112 Å². The minimum absolute atomic E-state index is 0. The number of benzene rings is 2. The van der Waals surface area contributed by atoms with Crippen molar-refractivity contribution in [2.45, 2.75) is 291 Å². The summed E-state index contributed by atoms with van der Waals surface area (Å²) in [6.07, 6.45) is 21.6. The molecular formula is C103H167N9O32. The number of esters is 1. The fourth-order valence-corrected chi connectivity index (χ4v) is 14.0. The Labute approximate surface area is 849 Å². The number of rotatable bonds is 94. The van der Waals surface area contributed by atoms with E-state index in [-0.39, 0.29) is 267 Å². The van der Waals surface area contributed by atoms with Crippen LogP contribution in [0.5, 0.6) is 11.5 Å². The average Bonchev–Trinajstić information content (AvgIpc) is 1.56. The number of aromatic carboxylic acids is 2. The minimum Gasteiger partial charge on any atom is -0.494 e. The number of Topliss-reactive ketones (excluding diaryl/α,β-unsaturated/α-hetero) is 6. The van der Waals surface area contributed by atoms with E-state index in [0.717, 1.165) is 96.3 Å². The Balaban J connectivity index is 0.00000313. The smallest absolute Gasteiger partial charge is 0.335 e. The third-order valence-corrected chi connectivity index (χ3v) is 22.6. The van der Waals surface area contributed by atoms with Gasteiger partial charge in [-0.25, -0.2) is 24.2 Å². The first-order chi connectivity index (χ1) is 69.3. The molecule has 0 unspecified atom stereocenters. The zero-order valence-corrected chi connectivity index (χ0v) is 85.5. The molecule has 144 heavy (non-hydrogen) atoms. The molecule has 41 heteroatoms. The van der Waals surface area contributed by atoms with Crippen LogP contribution in [0.1, 0.15) is 289 Å². The molecule has 0 bridgehead atoms. The lowest BCUT2D eigenvalue weighted by molar-refractivity contribution is -0.159. The Kier molecular flexibility index (Phi) is 75.6. The average molecular weight is 2040 g/mol. The number of ether oxygens (including phenoxy) is 11. The van der Waals surface area contributed by atoms with E-state index in [1.54, 1.807) is 45.0 Å². The third-order valence-electron chi connectivity index (χ3n) is 22.6. The fraction of sp³-hybridized carbons (Fsp3) is 0.689. The highest BCUT2D eigenvalue weighted by molar-refractivity contribution is 5.93. The second kappa shape index (κ2) is 84.3. The number of hydrogen-bond acceptors (Lipinski definition) is 30. The van der Waals surface area contributed by atoms with Crippen LogP contribution in [0.25, 0.3) is 0 Å². The molecule has 2 aromatic carbocycles. The van der Waals surface area contributed by atoms with Crippen LogP contribution in [0, 0.1) is 17.8 Å². The maximum absolute atomic E-state index is 13.7. The lowest BCUT2D eigenvalue weighted by atomic mass is 9.94. The molecule has 1 heterocycles. The monoisotopic (exact) mass is 2040 g/mol. The van der Waals surface area contributed by atoms with Gasteiger partial charge in [0.1, 0.15) is 73.1 Å². The molecule has 0 saturated heterocycles. The van der Waals surface area contributed by atoms with Crippen LogP contribution in [0.3, 0.4) is 0 Å². The first kappa shape index (κ1) is 129. The SMILES string of the molecule is CCCC(=O)N[C@H](C(=O)O[C@@H](Cc1cnc[nH]1)C(=O)CN[C@@H](CCCCNC(=O)COCCOCCNC(=O)COCCOCCCC(=O)CC[C@H](NC(=O)CCCCCCCCCOc1ccc(C(=O)O)cc1)C(=O)O)C(=O)C[C@@H](C)C(C)=O)C(C)C.CCCCCNC(=O)COCCOCCCC(=O)COCCOCCNC(=O)CC[C@H](CC(=O)CCCCCCCCCOc1ccc(C(=O)O)cc1)C(=O)O.[HH].[HH]. The number of aromatic amines is 1. The van der Waals surface area contributed by atoms with Crippen molar-refractivity contribution in [3.05, 3.63) is 77.9 Å². The molecule has 0 fully saturated rings. The molecule has 0 saturated carbocycles. The fourth-order valence-electron chi connectivity index (χ4n) is 14.0. The van der Waals surface area contributed by atoms with Gasteiger partial charge in [0.2, 0.25) is 35.4 Å². The minimum atomic E-state index is -1.27. The molecule has 41 nitrogen and oxygen atoms in total. The molecule has 816 valence electrons. The van der Waals surface area contributed by atoms with Crippen molar-refractivity contribution in [3.8, 4) is 11.5 Å². The summed E-state index contributed by atoms with van der Waals surface area (Å²) in [5.41, 5.74) is 0.960. The molecular weight excluding hydrogens is 1880 g/mol. The quantitative estimate of drug-likeness (QED) is 0.0184. The van der Waals surface area contributed by atoms with Crippen molar-refractivity contribution in [2.24, 2.45) is 17.8 Å². The van der Waals surface area contributed by atoms with Gasteiger partial charge in [0.25, 0.3) is 0 Å². The molecule has 3 rings (SSSR count). The lowest BCUT2D eigenvalue weighted by Crippen LogP contribution is -2.49. The van der Waals surface area contributed by atoms with Gasteiger partial charge < -0.3 is 115 Å². The summed E-state index contributed by atoms with van der Waals surface area (Å²) in [4.78, 5) is 215. The van der Waals surface area contributed by atoms with E-state index in [2.05, 4.69) is 54.1 Å². The van der Waals surface area contributed by atoms with E-state index in [0.29, 0.717) is 115 Å². The number of imidazole rings is 1. The highest BCUT2D eigenvalue weighted by Crippen LogP contribution is 2.21. The third kappa shape index (κ3) is 69.9. The number of hydrogen-bond donors (Lipinski definition) is 12. The molecule has 0 aliphatic rings. The van der Waals surface area contributed by atoms with Gasteiger partial charge in [-0.2, -0.15) is 0 Å². The molecule has 1 aromatic heterocycles. The van der Waals surface area contributed by atoms with Crippen molar-refractivity contribution in [1.29, 1.82) is 0 Å². The van der Waals surface area contributed by atoms with Crippen LogP contribution >= 0.6 is 0 Å². The molecule has 0 radical (unpaired) electrons. The number of aliphatic carboxylic acids is 2. The topological polar surface area (TPSA) is 586 Å². The second-order valence-corrected chi connectivity index (χ2v) is 35.5. The van der Waals surface area contributed by atoms with Crippen molar-refractivity contribution in [3.63, 3.8) is 0 Å². The summed E-state index contributed by atoms with van der Waals surface area (Å²) in [7, 11) is 0. The predicted molar refractivity (Wildman–Crippen MR) is 535 cm³/mol. The van der Waals surface area contributed by atoms with E-state index in [4.69, 9.17) is 62.3 Å². The van der Waals surface area contributed by atoms with E-state index < -0.39 is 71.7 Å². The number of amides is 6. The summed E-state index contributed by atoms with van der Waals surface area (Å²) in [5.74, 6) is -8.58. The Morgan fingerprint density at radius 3 is 1.32 bits per heavy atom. The summed E-state index contributed by atoms with van der Waals surface area (Å²) >= 11 is 0. The number of nitrogens with one attached hydrogen (secondary N) is 8. The summed E-state index contributed by atoms with van der Waals surface area (Å²) in [6.45, 7) is 15.0. The van der Waals surface area contributed by atoms with E-state index in [9.17, 15) is 91.7 Å². The Morgan fingerprint density at radius 2 is 0.840 bits per heavy atom. The van der Waals surface area contributed by atoms with Gasteiger partial charge in [0.05, 0.1) is 115 Å². The number of ketones is 6. The van der Waals surface area contributed by atoms with E-state index >= 15 is 0 Å². The molecule has 6 atom stereocenters. The normalized spacial score (nSPS) is 12.4. The first-order valence-corrected chi connectivity index (χ1v) is 51.0. The Hall–Kier alpha value is -10.9. The summed E-state index contributed by atoms with van der Waals surface area (Å²) in [6, 6.07) is 9.65. The number of carboxylic acids is 4. The number of carbonyl (C=O) groups excluding carboxylic acids is 13. The molecule has 0 aliphatic carbocycles. The molecule has 0 spiro atoms. The first-order valence-electron chi connectivity index (χ1n) is 51.0. The van der Waals surface area contributed by atoms with Crippen molar-refractivity contribution < 1.29 is 157 Å². The van der Waals surface area contributed by atoms with Gasteiger partial charge in [0.15, 0.2) is 17.7 Å². The maximum Gasteiger partial charge on any atom is 0.335 e. The van der Waals surface area contributed by atoms with Crippen LogP contribution in [-0.4, -0.2) is 306 Å². The highest BCUT2D eigenvalue weighted by atomic mass is 16.6. The van der Waals surface area contributed by atoms with Gasteiger partial charge in [-0.05, 0) is 145 Å². The largest absolute Gasteiger partial charge is 0.494 e. The number of H-pyrrole nitrogens is 1. The molecule has 3 aromatic rings. The van der Waals surface area contributed by atoms with Crippen LogP contribution in [-0.2, 0) is 121 Å². The predicted octanol–water partition coefficient (Wildman–Crippen LogP) is 10.2. The zero-order valence-electron chi connectivity index (χ0n) is 85.5. The number of nitrogens with zero attached hydrogens (tertiary/aromatic N) is 1. The summed E-state index contributed by atoms with van der Waals surface area (Å²) < 4.78 is 60.1. The lowest BCUT2D eigenvalue weighted by Gasteiger charge is -2.25. The Morgan fingerprint density at radius 1 is 0.382 bits per heavy atom. The van der Waals surface area contributed by atoms with Crippen LogP contribution in [0.15, 0.2) is 61.1 Å². The zero-order chi connectivity index (χ0) is 106. The van der Waals surface area contributed by atoms with Gasteiger partial charge in [-0.3, -0.25) is 62.3 Å². The molecule has 6 amide bonds. The maximum atomic E-state index is 13.7. The number of unbranched alkanes of at least 4 members (excludes halogenated alkanes) is 15. The number of carboxylic acid groups (broad SMARTS) is 4. The Bertz CT molecular complexity index is 4150. The number of aromatic nitrogens is 2. The van der Waals surface area contributed by atoms with E-state index in [1.165, 1.54) is 43.7 Å². The van der Waals surface area contributed by atoms with Crippen molar-refractivity contribution in [1.82, 2.24) is 47.2 Å². The highest BCUT2D eigenvalue weighted by Gasteiger charge is 2.33. The van der Waals surface area contributed by atoms with E-state index in [1.807, 2.05) is 6.92 Å². The van der Waals surface area contributed by atoms with Crippen molar-refractivity contribution in [2.75, 3.05) is 152 Å². The van der Waals surface area contributed by atoms with Gasteiger partial charge >= 0.3 is 29.8 Å². The molecule has 12 N–H and O–H groups in total. The van der Waals surface area contributed by atoms with Crippen molar-refractivity contribution >= 4 is 100.0 Å². The van der Waals surface area contributed by atoms with Gasteiger partial charge in [0, 0.05) is 124 Å². The standard InChI is InChI=1S/C62H97N7O19.C41H66N2O13.2H2/c1-6-17-55(74)69-59(43(2)3)62(82)88-54(37-47-38-63-42-67-47)53(73)39-66-50(52(72)36-44(4)45(5)70)19-13-14-27-64-57(76)40-86-35-33-84-31-28-65-58(77)41-85-34-32-83-29-16-18-48(71)23-26-51(61(80)81)68-56(75)20-12-10-8-7-9-11-15-30-87-49-24-21-46(22-25-49)60(78)79;1-2-3-10-21-42-39(47)32-55-29-26-52-23-12-14-36(45)31-54-28-27-53-25-22-43-38(46)20-17-34(41(50)51)30-35(44)13-9-7-5-4-6-8-11-24-56-37-18-15-33(16-19-37)40(48)49;;/h21-22,24-25,38,42-44,50-51,54,59,66H,6-20,23,26-37,39-41H2,1-5H3,(H,63,67)(H,64,76)(H,65,77)(H,68,75)(H,69,74)(H,78,79)(H,80,81);15-16,18-19,34H,2-14,17,20-32H2,1H3,(H,42,47)(H,43,46)(H,48,49)(H,50,51);2*1H/t44-,50+,51+,54+,59+;34-;;/m11../s1. The molecule has 0 aliphatic heterocycles. The summed E-state index contributed by atoms with van der Waals surface area (Å²) in [5, 5.41) is 56.2. The van der Waals surface area contributed by atoms with Crippen LogP contribution in [0.2, 0.25) is 0 Å². The number of carbonyl (C=O) groups is 17. The van der Waals surface area contributed by atoms with Crippen LogP contribution < -0.4 is 46.7 Å². The van der Waals surface area contributed by atoms with Gasteiger partial charge in [-0.15, -0.1) is 0 Å².